The van der Waals surface area contributed by atoms with Gasteiger partial charge in [0.1, 0.15) is 12.4 Å². The molecule has 1 N–H and O–H groups in total. The minimum absolute atomic E-state index is 0.228. The monoisotopic (exact) mass is 357 g/mol. The van der Waals surface area contributed by atoms with Crippen molar-refractivity contribution in [3.63, 3.8) is 0 Å². The SMILES string of the molecule is CCOCC.CCc1cccc(CC)c1N(CC(=O)O)C(=O)CCl. The van der Waals surface area contributed by atoms with Crippen molar-refractivity contribution in [2.75, 3.05) is 30.5 Å². The van der Waals surface area contributed by atoms with Crippen molar-refractivity contribution >= 4 is 29.2 Å². The molecular formula is C18H28ClNO4. The lowest BCUT2D eigenvalue weighted by atomic mass is 10.0. The molecule has 0 spiro atoms. The van der Waals surface area contributed by atoms with Crippen LogP contribution in [0.3, 0.4) is 0 Å². The fourth-order valence-electron chi connectivity index (χ4n) is 2.27. The van der Waals surface area contributed by atoms with Crippen LogP contribution in [-0.4, -0.2) is 42.6 Å². The van der Waals surface area contributed by atoms with Crippen LogP contribution in [0.5, 0.6) is 0 Å². The van der Waals surface area contributed by atoms with Crippen LogP contribution >= 0.6 is 11.6 Å². The third-order valence-corrected chi connectivity index (χ3v) is 3.58. The standard InChI is InChI=1S/C14H18ClNO3.C4H10O/c1-3-10-6-5-7-11(4-2)14(10)16(9-13(18)19)12(17)8-15;1-3-5-4-2/h5-7H,3-4,8-9H2,1-2H3,(H,18,19);3-4H2,1-2H3. The fourth-order valence-corrected chi connectivity index (χ4v) is 2.41. The van der Waals surface area contributed by atoms with E-state index in [-0.39, 0.29) is 18.3 Å². The largest absolute Gasteiger partial charge is 0.480 e. The zero-order valence-corrected chi connectivity index (χ0v) is 15.7. The lowest BCUT2D eigenvalue weighted by Gasteiger charge is -2.25. The maximum Gasteiger partial charge on any atom is 0.323 e. The number of hydrogen-bond donors (Lipinski definition) is 1. The van der Waals surface area contributed by atoms with Crippen LogP contribution < -0.4 is 4.90 Å². The normalized spacial score (nSPS) is 9.88. The van der Waals surface area contributed by atoms with Crippen molar-refractivity contribution in [3.8, 4) is 0 Å². The number of hydrogen-bond acceptors (Lipinski definition) is 3. The zero-order valence-electron chi connectivity index (χ0n) is 15.0. The van der Waals surface area contributed by atoms with Crippen molar-refractivity contribution < 1.29 is 19.4 Å². The van der Waals surface area contributed by atoms with E-state index in [0.29, 0.717) is 5.69 Å². The van der Waals surface area contributed by atoms with Gasteiger partial charge < -0.3 is 9.84 Å². The van der Waals surface area contributed by atoms with Gasteiger partial charge in [-0.05, 0) is 37.8 Å². The minimum Gasteiger partial charge on any atom is -0.480 e. The number of aliphatic carboxylic acids is 1. The summed E-state index contributed by atoms with van der Waals surface area (Å²) in [4.78, 5) is 24.2. The number of benzene rings is 1. The first-order chi connectivity index (χ1) is 11.5. The van der Waals surface area contributed by atoms with Crippen molar-refractivity contribution in [2.24, 2.45) is 0 Å². The first kappa shape index (κ1) is 22.4. The summed E-state index contributed by atoms with van der Waals surface area (Å²) in [5.74, 6) is -1.67. The lowest BCUT2D eigenvalue weighted by Crippen LogP contribution is -2.37. The molecule has 0 saturated heterocycles. The first-order valence-corrected chi connectivity index (χ1v) is 8.76. The number of para-hydroxylation sites is 1. The Morgan fingerprint density at radius 1 is 1.08 bits per heavy atom. The van der Waals surface area contributed by atoms with E-state index in [4.69, 9.17) is 21.4 Å². The van der Waals surface area contributed by atoms with E-state index >= 15 is 0 Å². The fraction of sp³-hybridized carbons (Fsp3) is 0.556. The Morgan fingerprint density at radius 2 is 1.58 bits per heavy atom. The van der Waals surface area contributed by atoms with Crippen LogP contribution in [0.1, 0.15) is 38.8 Å². The van der Waals surface area contributed by atoms with Gasteiger partial charge in [-0.2, -0.15) is 0 Å². The molecule has 0 aliphatic heterocycles. The minimum atomic E-state index is -1.05. The molecule has 0 heterocycles. The second kappa shape index (κ2) is 12.8. The maximum atomic E-state index is 11.9. The van der Waals surface area contributed by atoms with Gasteiger partial charge in [0, 0.05) is 13.2 Å². The van der Waals surface area contributed by atoms with Gasteiger partial charge >= 0.3 is 5.97 Å². The average molecular weight is 358 g/mol. The van der Waals surface area contributed by atoms with Crippen molar-refractivity contribution in [2.45, 2.75) is 40.5 Å². The van der Waals surface area contributed by atoms with Crippen LogP contribution in [0, 0.1) is 0 Å². The van der Waals surface area contributed by atoms with E-state index in [1.807, 2.05) is 45.9 Å². The van der Waals surface area contributed by atoms with Crippen molar-refractivity contribution in [1.82, 2.24) is 0 Å². The van der Waals surface area contributed by atoms with Crippen LogP contribution in [-0.2, 0) is 27.2 Å². The molecule has 1 aromatic rings. The number of ether oxygens (including phenoxy) is 1. The number of carbonyl (C=O) groups is 2. The third-order valence-electron chi connectivity index (χ3n) is 3.35. The van der Waals surface area contributed by atoms with Gasteiger partial charge in [0.05, 0.1) is 5.69 Å². The van der Waals surface area contributed by atoms with Gasteiger partial charge in [-0.25, -0.2) is 0 Å². The van der Waals surface area contributed by atoms with Crippen molar-refractivity contribution in [3.05, 3.63) is 29.3 Å². The summed E-state index contributed by atoms with van der Waals surface area (Å²) in [6.45, 7) is 9.25. The van der Waals surface area contributed by atoms with E-state index in [9.17, 15) is 9.59 Å². The van der Waals surface area contributed by atoms with Crippen LogP contribution in [0.25, 0.3) is 0 Å². The molecule has 0 atom stereocenters. The van der Waals surface area contributed by atoms with Crippen LogP contribution in [0.2, 0.25) is 0 Å². The van der Waals surface area contributed by atoms with E-state index in [2.05, 4.69) is 0 Å². The predicted molar refractivity (Wildman–Crippen MR) is 98.1 cm³/mol. The van der Waals surface area contributed by atoms with Gasteiger partial charge in [-0.1, -0.05) is 32.0 Å². The summed E-state index contributed by atoms with van der Waals surface area (Å²) < 4.78 is 4.83. The summed E-state index contributed by atoms with van der Waals surface area (Å²) in [7, 11) is 0. The Morgan fingerprint density at radius 3 is 1.88 bits per heavy atom. The number of rotatable bonds is 8. The molecule has 6 heteroatoms. The second-order valence-electron chi connectivity index (χ2n) is 4.92. The average Bonchev–Trinajstić information content (AvgIpc) is 2.59. The summed E-state index contributed by atoms with van der Waals surface area (Å²) in [5, 5.41) is 8.98. The summed E-state index contributed by atoms with van der Waals surface area (Å²) in [5.41, 5.74) is 2.61. The van der Waals surface area contributed by atoms with Crippen LogP contribution in [0.4, 0.5) is 5.69 Å². The van der Waals surface area contributed by atoms with Gasteiger partial charge in [0.2, 0.25) is 5.91 Å². The number of anilines is 1. The summed E-state index contributed by atoms with van der Waals surface area (Å²) in [6.07, 6.45) is 1.46. The Bertz CT molecular complexity index is 495. The second-order valence-corrected chi connectivity index (χ2v) is 5.19. The first-order valence-electron chi connectivity index (χ1n) is 8.23. The molecule has 0 bridgehead atoms. The number of alkyl halides is 1. The Balaban J connectivity index is 0.000000922. The number of carboxylic acids is 1. The molecule has 1 aromatic carbocycles. The number of halogens is 1. The highest BCUT2D eigenvalue weighted by molar-refractivity contribution is 6.29. The Labute approximate surface area is 149 Å². The van der Waals surface area contributed by atoms with E-state index in [0.717, 1.165) is 37.2 Å². The molecule has 0 aliphatic rings. The van der Waals surface area contributed by atoms with E-state index < -0.39 is 5.97 Å². The smallest absolute Gasteiger partial charge is 0.323 e. The van der Waals surface area contributed by atoms with Gasteiger partial charge in [-0.3, -0.25) is 14.5 Å². The zero-order chi connectivity index (χ0) is 18.5. The molecule has 1 amide bonds. The van der Waals surface area contributed by atoms with Gasteiger partial charge in [-0.15, -0.1) is 11.6 Å². The number of amides is 1. The quantitative estimate of drug-likeness (QED) is 0.723. The Hall–Kier alpha value is -1.59. The topological polar surface area (TPSA) is 66.8 Å². The molecule has 0 aromatic heterocycles. The molecule has 136 valence electrons. The predicted octanol–water partition coefficient (Wildman–Crippen LogP) is 3.51. The number of aryl methyl sites for hydroxylation is 2. The number of carboxylic acid groups (broad SMARTS) is 1. The number of carbonyl (C=O) groups excluding carboxylic acids is 1. The Kier molecular flexibility index (Phi) is 11.9. The lowest BCUT2D eigenvalue weighted by molar-refractivity contribution is -0.136. The van der Waals surface area contributed by atoms with Gasteiger partial charge in [0.25, 0.3) is 0 Å². The maximum absolute atomic E-state index is 11.9. The molecule has 24 heavy (non-hydrogen) atoms. The molecule has 5 nitrogen and oxygen atoms in total. The molecular weight excluding hydrogens is 330 g/mol. The molecule has 0 fully saturated rings. The highest BCUT2D eigenvalue weighted by Crippen LogP contribution is 2.27. The molecule has 0 aliphatic carbocycles. The highest BCUT2D eigenvalue weighted by atomic mass is 35.5. The van der Waals surface area contributed by atoms with Crippen molar-refractivity contribution in [1.29, 1.82) is 0 Å². The van der Waals surface area contributed by atoms with Gasteiger partial charge in [0.15, 0.2) is 0 Å². The number of nitrogens with zero attached hydrogens (tertiary/aromatic N) is 1. The molecule has 0 unspecified atom stereocenters. The molecule has 0 saturated carbocycles. The molecule has 0 radical (unpaired) electrons. The van der Waals surface area contributed by atoms with E-state index in [1.165, 1.54) is 4.90 Å². The molecule has 1 rings (SSSR count). The summed E-state index contributed by atoms with van der Waals surface area (Å²) >= 11 is 5.59. The third kappa shape index (κ3) is 7.32. The van der Waals surface area contributed by atoms with Crippen LogP contribution in [0.15, 0.2) is 18.2 Å². The summed E-state index contributed by atoms with van der Waals surface area (Å²) in [6, 6.07) is 5.74. The van der Waals surface area contributed by atoms with E-state index in [1.54, 1.807) is 0 Å². The highest BCUT2D eigenvalue weighted by Gasteiger charge is 2.22.